The minimum Gasteiger partial charge on any atom is -0.481 e. The molecule has 0 atom stereocenters. The Morgan fingerprint density at radius 3 is 2.59 bits per heavy atom. The summed E-state index contributed by atoms with van der Waals surface area (Å²) in [5.74, 6) is -0.223. The van der Waals surface area contributed by atoms with Gasteiger partial charge in [-0.25, -0.2) is 4.98 Å². The first-order valence-corrected chi connectivity index (χ1v) is 8.25. The van der Waals surface area contributed by atoms with E-state index in [0.29, 0.717) is 11.2 Å². The van der Waals surface area contributed by atoms with Crippen LogP contribution in [0, 0.1) is 5.41 Å². The molecule has 0 saturated carbocycles. The van der Waals surface area contributed by atoms with Gasteiger partial charge in [0, 0.05) is 17.3 Å². The van der Waals surface area contributed by atoms with Gasteiger partial charge in [-0.05, 0) is 26.3 Å². The summed E-state index contributed by atoms with van der Waals surface area (Å²) in [6.07, 6.45) is 0.859. The molecular weight excluding hydrogens is 300 g/mol. The standard InChI is InChI=1S/C16H22N2O3S/c1-6-10-7-11-13(22-10)17-12(9(2)3)18(14(11)19)8-16(4,5)15(20)21/h7,9H,6,8H2,1-5H3,(H,20,21). The zero-order valence-electron chi connectivity index (χ0n) is 13.6. The number of carbonyl (C=O) groups is 1. The Balaban J connectivity index is 2.70. The van der Waals surface area contributed by atoms with Crippen molar-refractivity contribution in [3.8, 4) is 0 Å². The maximum absolute atomic E-state index is 12.8. The topological polar surface area (TPSA) is 72.2 Å². The Kier molecular flexibility index (Phi) is 4.42. The van der Waals surface area contributed by atoms with Gasteiger partial charge in [-0.2, -0.15) is 0 Å². The summed E-state index contributed by atoms with van der Waals surface area (Å²) in [6, 6.07) is 1.88. The van der Waals surface area contributed by atoms with Crippen LogP contribution in [0.1, 0.15) is 51.2 Å². The summed E-state index contributed by atoms with van der Waals surface area (Å²) >= 11 is 1.54. The molecule has 0 saturated heterocycles. The van der Waals surface area contributed by atoms with Gasteiger partial charge in [0.2, 0.25) is 0 Å². The molecule has 0 spiro atoms. The third-order valence-corrected chi connectivity index (χ3v) is 4.90. The number of thiophene rings is 1. The first-order chi connectivity index (χ1) is 10.2. The van der Waals surface area contributed by atoms with Crippen LogP contribution in [0.4, 0.5) is 0 Å². The number of hydrogen-bond acceptors (Lipinski definition) is 4. The Bertz CT molecular complexity index is 772. The van der Waals surface area contributed by atoms with Crippen molar-refractivity contribution in [2.75, 3.05) is 0 Å². The van der Waals surface area contributed by atoms with Crippen molar-refractivity contribution in [1.82, 2.24) is 9.55 Å². The van der Waals surface area contributed by atoms with Gasteiger partial charge in [0.1, 0.15) is 10.7 Å². The van der Waals surface area contributed by atoms with Gasteiger partial charge in [-0.15, -0.1) is 11.3 Å². The maximum Gasteiger partial charge on any atom is 0.310 e. The zero-order valence-corrected chi connectivity index (χ0v) is 14.5. The van der Waals surface area contributed by atoms with Crippen LogP contribution >= 0.6 is 11.3 Å². The van der Waals surface area contributed by atoms with E-state index in [1.807, 2.05) is 26.8 Å². The lowest BCUT2D eigenvalue weighted by molar-refractivity contribution is -0.147. The lowest BCUT2D eigenvalue weighted by Gasteiger charge is -2.23. The van der Waals surface area contributed by atoms with Crippen molar-refractivity contribution in [3.05, 3.63) is 27.1 Å². The number of carboxylic acid groups (broad SMARTS) is 1. The van der Waals surface area contributed by atoms with Crippen molar-refractivity contribution in [2.45, 2.75) is 53.5 Å². The molecule has 2 aromatic rings. The molecule has 5 nitrogen and oxygen atoms in total. The van der Waals surface area contributed by atoms with Crippen LogP contribution in [0.15, 0.2) is 10.9 Å². The average Bonchev–Trinajstić information content (AvgIpc) is 2.84. The molecule has 2 heterocycles. The number of aliphatic carboxylic acids is 1. The second-order valence-electron chi connectivity index (χ2n) is 6.49. The van der Waals surface area contributed by atoms with Gasteiger partial charge in [0.25, 0.3) is 5.56 Å². The zero-order chi connectivity index (χ0) is 16.7. The first kappa shape index (κ1) is 16.7. The molecule has 2 aromatic heterocycles. The van der Waals surface area contributed by atoms with Crippen molar-refractivity contribution < 1.29 is 9.90 Å². The molecule has 1 N–H and O–H groups in total. The molecule has 0 aliphatic rings. The van der Waals surface area contributed by atoms with Crippen LogP contribution in [-0.4, -0.2) is 20.6 Å². The van der Waals surface area contributed by atoms with Gasteiger partial charge in [-0.3, -0.25) is 14.2 Å². The highest BCUT2D eigenvalue weighted by Crippen LogP contribution is 2.26. The van der Waals surface area contributed by atoms with Gasteiger partial charge >= 0.3 is 5.97 Å². The van der Waals surface area contributed by atoms with Gasteiger partial charge in [0.15, 0.2) is 0 Å². The van der Waals surface area contributed by atoms with Crippen molar-refractivity contribution in [1.29, 1.82) is 0 Å². The SMILES string of the molecule is CCc1cc2c(=O)n(CC(C)(C)C(=O)O)c(C(C)C)nc2s1. The predicted molar refractivity (Wildman–Crippen MR) is 88.8 cm³/mol. The lowest BCUT2D eigenvalue weighted by atomic mass is 9.93. The van der Waals surface area contributed by atoms with E-state index >= 15 is 0 Å². The van der Waals surface area contributed by atoms with E-state index in [2.05, 4.69) is 4.98 Å². The Morgan fingerprint density at radius 2 is 2.09 bits per heavy atom. The number of rotatable bonds is 5. The van der Waals surface area contributed by atoms with Gasteiger partial charge in [-0.1, -0.05) is 20.8 Å². The third-order valence-electron chi connectivity index (χ3n) is 3.73. The Hall–Kier alpha value is -1.69. The van der Waals surface area contributed by atoms with Crippen molar-refractivity contribution in [2.24, 2.45) is 5.41 Å². The van der Waals surface area contributed by atoms with Crippen LogP contribution in [0.3, 0.4) is 0 Å². The lowest BCUT2D eigenvalue weighted by Crippen LogP contribution is -2.36. The fourth-order valence-electron chi connectivity index (χ4n) is 2.31. The van der Waals surface area contributed by atoms with Crippen LogP contribution in [0.25, 0.3) is 10.2 Å². The average molecular weight is 322 g/mol. The quantitative estimate of drug-likeness (QED) is 0.917. The number of hydrogen-bond donors (Lipinski definition) is 1. The molecule has 0 aliphatic carbocycles. The normalized spacial score (nSPS) is 12.3. The van der Waals surface area contributed by atoms with Crippen LogP contribution in [-0.2, 0) is 17.8 Å². The first-order valence-electron chi connectivity index (χ1n) is 7.44. The van der Waals surface area contributed by atoms with Crippen molar-refractivity contribution >= 4 is 27.5 Å². The summed E-state index contributed by atoms with van der Waals surface area (Å²) in [4.78, 5) is 30.7. The molecule has 6 heteroatoms. The molecule has 0 unspecified atom stereocenters. The largest absolute Gasteiger partial charge is 0.481 e. The monoisotopic (exact) mass is 322 g/mol. The molecule has 0 amide bonds. The Morgan fingerprint density at radius 1 is 1.45 bits per heavy atom. The van der Waals surface area contributed by atoms with Crippen LogP contribution in [0.5, 0.6) is 0 Å². The van der Waals surface area contributed by atoms with Crippen molar-refractivity contribution in [3.63, 3.8) is 0 Å². The second kappa shape index (κ2) is 5.83. The highest BCUT2D eigenvalue weighted by molar-refractivity contribution is 7.18. The predicted octanol–water partition coefficient (Wildman–Crippen LogP) is 3.25. The van der Waals surface area contributed by atoms with E-state index in [1.165, 1.54) is 15.9 Å². The van der Waals surface area contributed by atoms with E-state index in [4.69, 9.17) is 0 Å². The summed E-state index contributed by atoms with van der Waals surface area (Å²) in [5.41, 5.74) is -1.16. The summed E-state index contributed by atoms with van der Waals surface area (Å²) in [5, 5.41) is 9.93. The van der Waals surface area contributed by atoms with E-state index < -0.39 is 11.4 Å². The molecule has 0 fully saturated rings. The number of aromatic nitrogens is 2. The van der Waals surface area contributed by atoms with Gasteiger partial charge < -0.3 is 5.11 Å². The molecule has 0 radical (unpaired) electrons. The number of fused-ring (bicyclic) bond motifs is 1. The molecule has 0 aromatic carbocycles. The highest BCUT2D eigenvalue weighted by Gasteiger charge is 2.30. The minimum atomic E-state index is -1.02. The number of carboxylic acids is 1. The summed E-state index contributed by atoms with van der Waals surface area (Å²) in [7, 11) is 0. The van der Waals surface area contributed by atoms with Crippen LogP contribution < -0.4 is 5.56 Å². The fourth-order valence-corrected chi connectivity index (χ4v) is 3.28. The molecule has 22 heavy (non-hydrogen) atoms. The highest BCUT2D eigenvalue weighted by atomic mass is 32.1. The third kappa shape index (κ3) is 2.92. The summed E-state index contributed by atoms with van der Waals surface area (Å²) < 4.78 is 1.53. The molecule has 2 rings (SSSR count). The Labute approximate surface area is 133 Å². The van der Waals surface area contributed by atoms with E-state index in [1.54, 1.807) is 13.8 Å². The summed E-state index contributed by atoms with van der Waals surface area (Å²) in [6.45, 7) is 9.34. The molecular formula is C16H22N2O3S. The number of nitrogens with zero attached hydrogens (tertiary/aromatic N) is 2. The van der Waals surface area contributed by atoms with E-state index in [9.17, 15) is 14.7 Å². The van der Waals surface area contributed by atoms with Gasteiger partial charge in [0.05, 0.1) is 10.8 Å². The second-order valence-corrected chi connectivity index (χ2v) is 7.61. The molecule has 0 bridgehead atoms. The minimum absolute atomic E-state index is 0.0499. The van der Waals surface area contributed by atoms with E-state index in [-0.39, 0.29) is 18.0 Å². The smallest absolute Gasteiger partial charge is 0.310 e. The number of aryl methyl sites for hydroxylation is 1. The molecule has 0 aliphatic heterocycles. The van der Waals surface area contributed by atoms with Crippen LogP contribution in [0.2, 0.25) is 0 Å². The maximum atomic E-state index is 12.8. The van der Waals surface area contributed by atoms with E-state index in [0.717, 1.165) is 16.1 Å². The fraction of sp³-hybridized carbons (Fsp3) is 0.562. The molecule has 120 valence electrons.